The predicted octanol–water partition coefficient (Wildman–Crippen LogP) is -2.29. The summed E-state index contributed by atoms with van der Waals surface area (Å²) in [6.45, 7) is 0. The van der Waals surface area contributed by atoms with Crippen molar-refractivity contribution in [3.8, 4) is 11.4 Å². The Bertz CT molecular complexity index is 231. The van der Waals surface area contributed by atoms with Gasteiger partial charge in [0.15, 0.2) is 0 Å². The molecule has 0 radical (unpaired) electrons. The van der Waals surface area contributed by atoms with Crippen LogP contribution >= 0.6 is 0 Å². The molecule has 1 aromatic rings. The van der Waals surface area contributed by atoms with Crippen LogP contribution in [0.2, 0.25) is 0 Å². The average Bonchev–Trinajstić information content (AvgIpc) is 2.14. The first-order valence-electron chi connectivity index (χ1n) is 2.48. The molecule has 0 aliphatic carbocycles. The van der Waals surface area contributed by atoms with E-state index in [1.807, 2.05) is 0 Å². The van der Waals surface area contributed by atoms with Gasteiger partial charge in [0.05, 0.1) is 0 Å². The van der Waals surface area contributed by atoms with Gasteiger partial charge < -0.3 is 0 Å². The first kappa shape index (κ1) is 7.17. The van der Waals surface area contributed by atoms with Crippen LogP contribution in [-0.2, 0) is 0 Å². The van der Waals surface area contributed by atoms with E-state index in [1.165, 1.54) is 0 Å². The molecule has 5 nitrogen and oxygen atoms in total. The van der Waals surface area contributed by atoms with Crippen molar-refractivity contribution < 1.29 is 24.6 Å². The maximum absolute atomic E-state index is 8.74. The quantitative estimate of drug-likeness (QED) is 0.331. The van der Waals surface area contributed by atoms with Gasteiger partial charge in [-0.25, -0.2) is 0 Å². The Morgan fingerprint density at radius 2 is 1.90 bits per heavy atom. The third-order valence-electron chi connectivity index (χ3n) is 1.01. The zero-order valence-electron chi connectivity index (χ0n) is 4.85. The van der Waals surface area contributed by atoms with Gasteiger partial charge in [0.1, 0.15) is 0 Å². The maximum atomic E-state index is 8.74. The molecule has 0 aliphatic heterocycles. The molecule has 0 aliphatic rings. The van der Waals surface area contributed by atoms with E-state index in [0.29, 0.717) is 0 Å². The Balaban J connectivity index is 3.05. The van der Waals surface area contributed by atoms with Crippen molar-refractivity contribution in [2.45, 2.75) is 0 Å². The van der Waals surface area contributed by atoms with E-state index in [9.17, 15) is 0 Å². The Hall–Kier alpha value is -0.940. The molecule has 0 atom stereocenters. The summed E-state index contributed by atoms with van der Waals surface area (Å²) in [6.07, 6.45) is 0. The van der Waals surface area contributed by atoms with E-state index in [0.717, 1.165) is 7.13 Å². The molecule has 0 fully saturated rings. The van der Waals surface area contributed by atoms with Crippen LogP contribution in [0.25, 0.3) is 0 Å². The second-order valence-corrected chi connectivity index (χ2v) is 1.71. The van der Waals surface area contributed by atoms with E-state index < -0.39 is 24.2 Å². The Labute approximate surface area is 56.9 Å². The SMILES string of the molecule is OB(O)c1obc(O)c1O. The Kier molecular flexibility index (Phi) is 1.69. The molecule has 10 heavy (non-hydrogen) atoms. The first-order valence-corrected chi connectivity index (χ1v) is 2.48. The van der Waals surface area contributed by atoms with Crippen molar-refractivity contribution in [1.82, 2.24) is 0 Å². The summed E-state index contributed by atoms with van der Waals surface area (Å²) in [5.74, 6) is -0.644. The minimum atomic E-state index is -1.90. The molecule has 0 amide bonds. The number of hydrogen-bond acceptors (Lipinski definition) is 5. The molecule has 0 aromatic carbocycles. The van der Waals surface area contributed by atoms with Crippen LogP contribution in [0.15, 0.2) is 4.33 Å². The van der Waals surface area contributed by atoms with E-state index in [2.05, 4.69) is 4.33 Å². The third kappa shape index (κ3) is 1.01. The van der Waals surface area contributed by atoms with Crippen LogP contribution < -0.4 is 5.66 Å². The molecule has 0 spiro atoms. The minimum absolute atomic E-state index is 0.461. The van der Waals surface area contributed by atoms with Gasteiger partial charge in [0, 0.05) is 0 Å². The molecular weight excluding hydrogens is 138 g/mol. The average molecular weight is 142 g/mol. The van der Waals surface area contributed by atoms with Crippen LogP contribution in [0.1, 0.15) is 0 Å². The summed E-state index contributed by atoms with van der Waals surface area (Å²) in [6, 6.07) is 0. The van der Waals surface area contributed by atoms with Crippen LogP contribution in [-0.4, -0.2) is 34.5 Å². The molecule has 0 saturated heterocycles. The van der Waals surface area contributed by atoms with Gasteiger partial charge in [-0.1, -0.05) is 0 Å². The van der Waals surface area contributed by atoms with Gasteiger partial charge in [-0.2, -0.15) is 0 Å². The van der Waals surface area contributed by atoms with Gasteiger partial charge in [0.25, 0.3) is 0 Å². The zero-order chi connectivity index (χ0) is 7.72. The third-order valence-corrected chi connectivity index (χ3v) is 1.01. The fraction of sp³-hybridized carbons (Fsp3) is 0. The summed E-state index contributed by atoms with van der Waals surface area (Å²) < 4.78 is 4.36. The van der Waals surface area contributed by atoms with Gasteiger partial charge in [-0.15, -0.1) is 0 Å². The van der Waals surface area contributed by atoms with E-state index in [1.54, 1.807) is 0 Å². The topological polar surface area (TPSA) is 94.1 Å². The van der Waals surface area contributed by atoms with E-state index in [-0.39, 0.29) is 0 Å². The fourth-order valence-corrected chi connectivity index (χ4v) is 0.540. The molecule has 4 N–H and O–H groups in total. The van der Waals surface area contributed by atoms with Gasteiger partial charge >= 0.3 is 55.9 Å². The molecule has 52 valence electrons. The first-order chi connectivity index (χ1) is 4.63. The normalized spacial score (nSPS) is 9.40. The molecule has 0 unspecified atom stereocenters. The number of aromatic hydroxyl groups is 2. The van der Waals surface area contributed by atoms with Crippen molar-refractivity contribution in [1.29, 1.82) is 0 Å². The van der Waals surface area contributed by atoms with Crippen molar-refractivity contribution >= 4 is 19.9 Å². The zero-order valence-corrected chi connectivity index (χ0v) is 4.85. The summed E-state index contributed by atoms with van der Waals surface area (Å²) in [7, 11) is -1.09. The monoisotopic (exact) mass is 142 g/mol. The molecule has 0 saturated carbocycles. The van der Waals surface area contributed by atoms with Crippen LogP contribution in [0.5, 0.6) is 11.4 Å². The molecule has 1 aromatic heterocycles. The van der Waals surface area contributed by atoms with E-state index >= 15 is 0 Å². The number of rotatable bonds is 1. The second kappa shape index (κ2) is 2.36. The van der Waals surface area contributed by atoms with Crippen LogP contribution in [0.4, 0.5) is 0 Å². The Morgan fingerprint density at radius 1 is 1.30 bits per heavy atom. The summed E-state index contributed by atoms with van der Waals surface area (Å²) in [5.41, 5.74) is -0.972. The van der Waals surface area contributed by atoms with Gasteiger partial charge in [-0.05, 0) is 0 Å². The molecule has 7 heteroatoms. The molecular formula is C3H4B2O5. The standard InChI is InChI=1S/C3H4B2O5/c6-1-2(7)4-10-3(1)5(8)9/h6-9H. The molecule has 0 bridgehead atoms. The van der Waals surface area contributed by atoms with Crippen LogP contribution in [0, 0.1) is 0 Å². The fourth-order valence-electron chi connectivity index (χ4n) is 0.540. The number of hydrogen-bond donors (Lipinski definition) is 4. The summed E-state index contributed by atoms with van der Waals surface area (Å²) in [4.78, 5) is 0. The summed E-state index contributed by atoms with van der Waals surface area (Å²) >= 11 is 0. The Morgan fingerprint density at radius 3 is 2.10 bits per heavy atom. The van der Waals surface area contributed by atoms with E-state index in [4.69, 9.17) is 20.3 Å². The molecule has 1 rings (SSSR count). The van der Waals surface area contributed by atoms with Crippen molar-refractivity contribution in [2.75, 3.05) is 0 Å². The van der Waals surface area contributed by atoms with Crippen molar-refractivity contribution in [3.63, 3.8) is 0 Å². The van der Waals surface area contributed by atoms with Crippen molar-refractivity contribution in [3.05, 3.63) is 0 Å². The second-order valence-electron chi connectivity index (χ2n) is 1.71. The van der Waals surface area contributed by atoms with Gasteiger partial charge in [0.2, 0.25) is 0 Å². The summed E-state index contributed by atoms with van der Waals surface area (Å²) in [5, 5.41) is 34.2. The van der Waals surface area contributed by atoms with Crippen molar-refractivity contribution in [2.24, 2.45) is 0 Å². The van der Waals surface area contributed by atoms with Crippen LogP contribution in [0.3, 0.4) is 0 Å². The molecule has 1 heterocycles. The predicted molar refractivity (Wildman–Crippen MR) is 33.2 cm³/mol. The van der Waals surface area contributed by atoms with Gasteiger partial charge in [-0.3, -0.25) is 0 Å².